The number of hydrogen-bond acceptors (Lipinski definition) is 2. The van der Waals surface area contributed by atoms with Crippen LogP contribution in [0, 0.1) is 0 Å². The highest BCUT2D eigenvalue weighted by Crippen LogP contribution is 2.28. The minimum absolute atomic E-state index is 0.496. The first-order valence-electron chi connectivity index (χ1n) is 4.96. The molecule has 0 radical (unpaired) electrons. The van der Waals surface area contributed by atoms with Gasteiger partial charge in [-0.05, 0) is 22.8 Å². The topological polar surface area (TPSA) is 40.5 Å². The van der Waals surface area contributed by atoms with E-state index < -0.39 is 8.03 Å². The molecule has 4 heteroatoms. The Bertz CT molecular complexity index is 552. The van der Waals surface area contributed by atoms with E-state index >= 15 is 0 Å². The Balaban J connectivity index is 2.81. The molecule has 0 saturated heterocycles. The molecule has 0 aliphatic heterocycles. The summed E-state index contributed by atoms with van der Waals surface area (Å²) >= 11 is 0. The van der Waals surface area contributed by atoms with Crippen LogP contribution in [0.3, 0.4) is 0 Å². The van der Waals surface area contributed by atoms with Gasteiger partial charge >= 0.3 is 8.03 Å². The molecule has 0 heterocycles. The number of benzene rings is 2. The van der Waals surface area contributed by atoms with Gasteiger partial charge in [-0.25, -0.2) is 0 Å². The van der Waals surface area contributed by atoms with E-state index in [-0.39, 0.29) is 0 Å². The van der Waals surface area contributed by atoms with Crippen molar-refractivity contribution in [1.82, 2.24) is 0 Å². The molecule has 1 N–H and O–H groups in total. The molecule has 0 aliphatic rings. The highest BCUT2D eigenvalue weighted by Gasteiger charge is 2.20. The Labute approximate surface area is 95.2 Å². The van der Waals surface area contributed by atoms with Gasteiger partial charge in [-0.1, -0.05) is 18.2 Å². The SMILES string of the molecule is CN(C)c1cccc2c([P+](=O)O)cccc12. The molecule has 0 aliphatic carbocycles. The third-order valence-corrected chi connectivity index (χ3v) is 3.37. The Morgan fingerprint density at radius 2 is 1.69 bits per heavy atom. The average molecular weight is 234 g/mol. The molecule has 82 valence electrons. The summed E-state index contributed by atoms with van der Waals surface area (Å²) < 4.78 is 11.2. The molecule has 2 aromatic rings. The van der Waals surface area contributed by atoms with E-state index in [9.17, 15) is 9.46 Å². The lowest BCUT2D eigenvalue weighted by molar-refractivity contribution is 0.513. The van der Waals surface area contributed by atoms with Crippen LogP contribution in [-0.2, 0) is 4.57 Å². The van der Waals surface area contributed by atoms with Crippen LogP contribution in [0.1, 0.15) is 0 Å². The molecule has 0 aromatic heterocycles. The summed E-state index contributed by atoms with van der Waals surface area (Å²) in [6.07, 6.45) is 0. The Morgan fingerprint density at radius 3 is 2.31 bits per heavy atom. The average Bonchev–Trinajstić information content (AvgIpc) is 2.27. The summed E-state index contributed by atoms with van der Waals surface area (Å²) in [5, 5.41) is 2.34. The van der Waals surface area contributed by atoms with Crippen LogP contribution < -0.4 is 10.2 Å². The number of anilines is 1. The second-order valence-corrected chi connectivity index (χ2v) is 4.84. The van der Waals surface area contributed by atoms with Crippen molar-refractivity contribution in [2.75, 3.05) is 19.0 Å². The molecule has 0 saturated carbocycles. The van der Waals surface area contributed by atoms with Crippen molar-refractivity contribution in [3.8, 4) is 0 Å². The minimum Gasteiger partial charge on any atom is -0.377 e. The summed E-state index contributed by atoms with van der Waals surface area (Å²) in [5.74, 6) is 0. The molecule has 2 aromatic carbocycles. The van der Waals surface area contributed by atoms with Crippen LogP contribution in [0.25, 0.3) is 10.8 Å². The first-order valence-corrected chi connectivity index (χ1v) is 6.17. The van der Waals surface area contributed by atoms with Crippen molar-refractivity contribution in [2.24, 2.45) is 0 Å². The smallest absolute Gasteiger partial charge is 0.377 e. The highest BCUT2D eigenvalue weighted by molar-refractivity contribution is 7.48. The third kappa shape index (κ3) is 1.80. The largest absolute Gasteiger partial charge is 0.546 e. The van der Waals surface area contributed by atoms with E-state index in [0.29, 0.717) is 5.30 Å². The lowest BCUT2D eigenvalue weighted by Crippen LogP contribution is -2.10. The first-order chi connectivity index (χ1) is 7.61. The summed E-state index contributed by atoms with van der Waals surface area (Å²) in [4.78, 5) is 11.2. The maximum atomic E-state index is 11.2. The van der Waals surface area contributed by atoms with Crippen molar-refractivity contribution >= 4 is 29.8 Å². The summed E-state index contributed by atoms with van der Waals surface area (Å²) in [6.45, 7) is 0. The second kappa shape index (κ2) is 4.20. The van der Waals surface area contributed by atoms with Gasteiger partial charge in [0.05, 0.1) is 0 Å². The van der Waals surface area contributed by atoms with Crippen LogP contribution in [0.2, 0.25) is 0 Å². The number of hydrogen-bond donors (Lipinski definition) is 1. The minimum atomic E-state index is -2.30. The van der Waals surface area contributed by atoms with Crippen molar-refractivity contribution in [3.05, 3.63) is 36.4 Å². The van der Waals surface area contributed by atoms with E-state index in [2.05, 4.69) is 0 Å². The molecule has 0 fully saturated rings. The van der Waals surface area contributed by atoms with Gasteiger partial charge in [-0.15, -0.1) is 0 Å². The third-order valence-electron chi connectivity index (χ3n) is 2.56. The van der Waals surface area contributed by atoms with Crippen molar-refractivity contribution in [2.45, 2.75) is 0 Å². The zero-order valence-corrected chi connectivity index (χ0v) is 10.1. The predicted molar refractivity (Wildman–Crippen MR) is 67.7 cm³/mol. The van der Waals surface area contributed by atoms with Crippen molar-refractivity contribution < 1.29 is 9.46 Å². The monoisotopic (exact) mass is 234 g/mol. The fraction of sp³-hybridized carbons (Fsp3) is 0.167. The number of rotatable bonds is 2. The lowest BCUT2D eigenvalue weighted by atomic mass is 10.1. The Hall–Kier alpha value is -1.44. The van der Waals surface area contributed by atoms with Gasteiger partial charge in [0.2, 0.25) is 5.30 Å². The van der Waals surface area contributed by atoms with Gasteiger partial charge in [0.25, 0.3) is 0 Å². The molecule has 2 rings (SSSR count). The summed E-state index contributed by atoms with van der Waals surface area (Å²) in [6, 6.07) is 11.2. The molecular weight excluding hydrogens is 221 g/mol. The highest BCUT2D eigenvalue weighted by atomic mass is 31.1. The number of fused-ring (bicyclic) bond motifs is 1. The molecule has 3 nitrogen and oxygen atoms in total. The Morgan fingerprint density at radius 1 is 1.06 bits per heavy atom. The van der Waals surface area contributed by atoms with E-state index in [1.54, 1.807) is 6.07 Å². The van der Waals surface area contributed by atoms with Gasteiger partial charge in [0.15, 0.2) is 0 Å². The van der Waals surface area contributed by atoms with E-state index in [1.165, 1.54) is 0 Å². The molecular formula is C12H13NO2P+. The predicted octanol–water partition coefficient (Wildman–Crippen LogP) is 2.27. The molecule has 16 heavy (non-hydrogen) atoms. The zero-order chi connectivity index (χ0) is 11.7. The molecule has 1 atom stereocenters. The molecule has 0 bridgehead atoms. The summed E-state index contributed by atoms with van der Waals surface area (Å²) in [7, 11) is 1.62. The van der Waals surface area contributed by atoms with Crippen LogP contribution >= 0.6 is 8.03 Å². The fourth-order valence-corrected chi connectivity index (χ4v) is 2.45. The van der Waals surface area contributed by atoms with Crippen LogP contribution in [0.4, 0.5) is 5.69 Å². The van der Waals surface area contributed by atoms with Gasteiger partial charge in [-0.2, -0.15) is 4.89 Å². The molecule has 0 spiro atoms. The van der Waals surface area contributed by atoms with Crippen LogP contribution in [0.15, 0.2) is 36.4 Å². The zero-order valence-electron chi connectivity index (χ0n) is 9.21. The maximum absolute atomic E-state index is 11.2. The van der Waals surface area contributed by atoms with Gasteiger partial charge in [-0.3, -0.25) is 0 Å². The summed E-state index contributed by atoms with van der Waals surface area (Å²) in [5.41, 5.74) is 1.05. The molecule has 1 unspecified atom stereocenters. The van der Waals surface area contributed by atoms with E-state index in [0.717, 1.165) is 16.5 Å². The molecule has 0 amide bonds. The first kappa shape index (κ1) is 11.1. The Kier molecular flexibility index (Phi) is 2.90. The van der Waals surface area contributed by atoms with Gasteiger partial charge < -0.3 is 4.90 Å². The van der Waals surface area contributed by atoms with Gasteiger partial charge in [0, 0.05) is 30.6 Å². The normalized spacial score (nSPS) is 11.6. The maximum Gasteiger partial charge on any atom is 0.546 e. The van der Waals surface area contributed by atoms with E-state index in [4.69, 9.17) is 0 Å². The van der Waals surface area contributed by atoms with Crippen molar-refractivity contribution in [1.29, 1.82) is 0 Å². The van der Waals surface area contributed by atoms with Gasteiger partial charge in [0.1, 0.15) is 0 Å². The number of nitrogens with zero attached hydrogens (tertiary/aromatic N) is 1. The lowest BCUT2D eigenvalue weighted by Gasteiger charge is -2.14. The van der Waals surface area contributed by atoms with Crippen LogP contribution in [0.5, 0.6) is 0 Å². The van der Waals surface area contributed by atoms with Crippen molar-refractivity contribution in [3.63, 3.8) is 0 Å². The fourth-order valence-electron chi connectivity index (χ4n) is 1.83. The van der Waals surface area contributed by atoms with E-state index in [1.807, 2.05) is 49.3 Å². The standard InChI is InChI=1S/C12H12NO2P/c1-13(2)11-7-3-6-10-9(11)5-4-8-12(10)16(14)15/h3-8H,1-2H3/p+1. The second-order valence-electron chi connectivity index (χ2n) is 3.82. The van der Waals surface area contributed by atoms with Crippen LogP contribution in [-0.4, -0.2) is 19.0 Å². The quantitative estimate of drug-likeness (QED) is 0.810.